The predicted molar refractivity (Wildman–Crippen MR) is 92.1 cm³/mol. The third kappa shape index (κ3) is 3.55. The fourth-order valence-electron chi connectivity index (χ4n) is 2.34. The number of amides is 1. The Balaban J connectivity index is 1.92. The van der Waals surface area contributed by atoms with Gasteiger partial charge in [0.25, 0.3) is 11.5 Å². The van der Waals surface area contributed by atoms with E-state index in [9.17, 15) is 14.7 Å². The summed E-state index contributed by atoms with van der Waals surface area (Å²) in [5, 5.41) is 12.7. The Morgan fingerprint density at radius 1 is 1.16 bits per heavy atom. The molecule has 0 bridgehead atoms. The fraction of sp³-hybridized carbons (Fsp3) is 0.111. The summed E-state index contributed by atoms with van der Waals surface area (Å²) in [5.41, 5.74) is 0.148. The van der Waals surface area contributed by atoms with Crippen molar-refractivity contribution in [3.63, 3.8) is 0 Å². The van der Waals surface area contributed by atoms with E-state index in [2.05, 4.69) is 20.3 Å². The number of nitrogens with one attached hydrogen (secondary N) is 2. The van der Waals surface area contributed by atoms with Crippen molar-refractivity contribution in [1.82, 2.24) is 20.3 Å². The molecule has 0 saturated heterocycles. The van der Waals surface area contributed by atoms with Gasteiger partial charge in [-0.3, -0.25) is 14.6 Å². The lowest BCUT2D eigenvalue weighted by Gasteiger charge is -2.14. The summed E-state index contributed by atoms with van der Waals surface area (Å²) in [7, 11) is 0. The van der Waals surface area contributed by atoms with Crippen molar-refractivity contribution in [2.45, 2.75) is 13.0 Å². The summed E-state index contributed by atoms with van der Waals surface area (Å²) in [6, 6.07) is 14.1. The first-order valence-corrected chi connectivity index (χ1v) is 7.66. The molecule has 3 aromatic rings. The molecule has 1 unspecified atom stereocenters. The van der Waals surface area contributed by atoms with Gasteiger partial charge in [0.05, 0.1) is 6.04 Å². The number of carbonyl (C=O) groups is 1. The number of aromatic amines is 1. The molecule has 0 aliphatic rings. The Bertz CT molecular complexity index is 940. The molecule has 3 N–H and O–H groups in total. The molecule has 2 aromatic heterocycles. The average molecular weight is 336 g/mol. The first kappa shape index (κ1) is 16.4. The molecule has 25 heavy (non-hydrogen) atoms. The highest BCUT2D eigenvalue weighted by Crippen LogP contribution is 2.17. The summed E-state index contributed by atoms with van der Waals surface area (Å²) in [6.07, 6.45) is 1.54. The fourth-order valence-corrected chi connectivity index (χ4v) is 2.34. The van der Waals surface area contributed by atoms with Gasteiger partial charge in [-0.25, -0.2) is 4.98 Å². The van der Waals surface area contributed by atoms with E-state index in [-0.39, 0.29) is 17.6 Å². The number of rotatable bonds is 4. The maximum atomic E-state index is 12.5. The number of hydrogen-bond donors (Lipinski definition) is 3. The predicted octanol–water partition coefficient (Wildman–Crippen LogP) is 2.03. The first-order chi connectivity index (χ1) is 12.1. The van der Waals surface area contributed by atoms with Crippen LogP contribution < -0.4 is 10.9 Å². The quantitative estimate of drug-likeness (QED) is 0.675. The van der Waals surface area contributed by atoms with Crippen LogP contribution in [0.2, 0.25) is 0 Å². The van der Waals surface area contributed by atoms with Crippen LogP contribution in [0, 0.1) is 0 Å². The van der Waals surface area contributed by atoms with E-state index >= 15 is 0 Å². The van der Waals surface area contributed by atoms with E-state index < -0.39 is 17.2 Å². The molecule has 0 saturated carbocycles. The third-order valence-electron chi connectivity index (χ3n) is 3.66. The van der Waals surface area contributed by atoms with Gasteiger partial charge in [-0.15, -0.1) is 0 Å². The van der Waals surface area contributed by atoms with Gasteiger partial charge in [-0.1, -0.05) is 36.4 Å². The largest absolute Gasteiger partial charge is 0.501 e. The number of aromatic hydroxyl groups is 1. The molecule has 2 heterocycles. The van der Waals surface area contributed by atoms with Gasteiger partial charge in [0.15, 0.2) is 11.5 Å². The smallest absolute Gasteiger partial charge is 0.294 e. The Morgan fingerprint density at radius 3 is 2.56 bits per heavy atom. The van der Waals surface area contributed by atoms with E-state index in [1.54, 1.807) is 31.3 Å². The molecule has 1 aromatic carbocycles. The Hall–Kier alpha value is -3.48. The van der Waals surface area contributed by atoms with Crippen molar-refractivity contribution >= 4 is 5.91 Å². The van der Waals surface area contributed by atoms with Crippen LogP contribution in [-0.2, 0) is 0 Å². The van der Waals surface area contributed by atoms with Crippen molar-refractivity contribution in [3.8, 4) is 17.3 Å². The number of pyridine rings is 1. The molecule has 126 valence electrons. The minimum absolute atomic E-state index is 0.112. The zero-order valence-corrected chi connectivity index (χ0v) is 13.4. The normalized spacial score (nSPS) is 11.7. The highest BCUT2D eigenvalue weighted by atomic mass is 16.3. The van der Waals surface area contributed by atoms with Crippen LogP contribution in [0.4, 0.5) is 0 Å². The van der Waals surface area contributed by atoms with Crippen LogP contribution >= 0.6 is 0 Å². The van der Waals surface area contributed by atoms with Gasteiger partial charge >= 0.3 is 0 Å². The number of benzene rings is 1. The molecule has 1 atom stereocenters. The van der Waals surface area contributed by atoms with E-state index in [0.29, 0.717) is 5.69 Å². The molecule has 0 aliphatic carbocycles. The monoisotopic (exact) mass is 336 g/mol. The zero-order valence-electron chi connectivity index (χ0n) is 13.4. The van der Waals surface area contributed by atoms with Crippen molar-refractivity contribution in [2.75, 3.05) is 0 Å². The van der Waals surface area contributed by atoms with Crippen LogP contribution in [0.1, 0.15) is 29.0 Å². The lowest BCUT2D eigenvalue weighted by Crippen LogP contribution is -2.29. The number of aromatic nitrogens is 3. The highest BCUT2D eigenvalue weighted by molar-refractivity contribution is 5.95. The molecule has 0 radical (unpaired) electrons. The van der Waals surface area contributed by atoms with Crippen molar-refractivity contribution in [3.05, 3.63) is 76.3 Å². The van der Waals surface area contributed by atoms with Gasteiger partial charge < -0.3 is 15.4 Å². The van der Waals surface area contributed by atoms with Crippen LogP contribution in [0.3, 0.4) is 0 Å². The number of nitrogens with zero attached hydrogens (tertiary/aromatic N) is 2. The van der Waals surface area contributed by atoms with Gasteiger partial charge in [0, 0.05) is 6.20 Å². The van der Waals surface area contributed by atoms with Crippen LogP contribution in [0.15, 0.2) is 59.5 Å². The standard InChI is InChI=1S/C18H16N4O3/c1-11(12-7-3-2-4-8-12)20-17(24)14-15(23)18(25)22-16(21-14)13-9-5-6-10-19-13/h2-11,23H,1H3,(H,20,24)(H,21,22,25). The molecule has 0 aliphatic heterocycles. The van der Waals surface area contributed by atoms with Gasteiger partial charge in [0.1, 0.15) is 5.69 Å². The minimum atomic E-state index is -0.798. The lowest BCUT2D eigenvalue weighted by molar-refractivity contribution is 0.0931. The summed E-state index contributed by atoms with van der Waals surface area (Å²) in [5.74, 6) is -1.25. The van der Waals surface area contributed by atoms with Crippen LogP contribution in [0.25, 0.3) is 11.5 Å². The van der Waals surface area contributed by atoms with Gasteiger partial charge in [-0.05, 0) is 24.6 Å². The van der Waals surface area contributed by atoms with Gasteiger partial charge in [0.2, 0.25) is 5.75 Å². The second-order valence-electron chi connectivity index (χ2n) is 5.43. The molecular formula is C18H16N4O3. The van der Waals surface area contributed by atoms with Crippen LogP contribution in [0.5, 0.6) is 5.75 Å². The molecule has 0 fully saturated rings. The van der Waals surface area contributed by atoms with E-state index in [1.165, 1.54) is 0 Å². The molecular weight excluding hydrogens is 320 g/mol. The van der Waals surface area contributed by atoms with E-state index in [1.807, 2.05) is 30.3 Å². The Labute approximate surface area is 143 Å². The topological polar surface area (TPSA) is 108 Å². The highest BCUT2D eigenvalue weighted by Gasteiger charge is 2.20. The summed E-state index contributed by atoms with van der Waals surface area (Å²) in [4.78, 5) is 35.0. The lowest BCUT2D eigenvalue weighted by atomic mass is 10.1. The maximum absolute atomic E-state index is 12.5. The summed E-state index contributed by atoms with van der Waals surface area (Å²) >= 11 is 0. The first-order valence-electron chi connectivity index (χ1n) is 7.66. The van der Waals surface area contributed by atoms with Crippen molar-refractivity contribution in [2.24, 2.45) is 0 Å². The second-order valence-corrected chi connectivity index (χ2v) is 5.43. The Morgan fingerprint density at radius 2 is 1.88 bits per heavy atom. The van der Waals surface area contributed by atoms with Gasteiger partial charge in [-0.2, -0.15) is 0 Å². The van der Waals surface area contributed by atoms with Crippen LogP contribution in [-0.4, -0.2) is 26.0 Å². The molecule has 0 spiro atoms. The van der Waals surface area contributed by atoms with E-state index in [0.717, 1.165) is 5.56 Å². The minimum Gasteiger partial charge on any atom is -0.501 e. The molecule has 7 nitrogen and oxygen atoms in total. The molecule has 1 amide bonds. The molecule has 7 heteroatoms. The number of H-pyrrole nitrogens is 1. The third-order valence-corrected chi connectivity index (χ3v) is 3.66. The number of carbonyl (C=O) groups excluding carboxylic acids is 1. The summed E-state index contributed by atoms with van der Waals surface area (Å²) < 4.78 is 0. The maximum Gasteiger partial charge on any atom is 0.294 e. The SMILES string of the molecule is CC(NC(=O)c1nc(-c2ccccn2)[nH]c(=O)c1O)c1ccccc1. The average Bonchev–Trinajstić information content (AvgIpc) is 2.65. The van der Waals surface area contributed by atoms with E-state index in [4.69, 9.17) is 0 Å². The molecule has 3 rings (SSSR count). The number of hydrogen-bond acceptors (Lipinski definition) is 5. The van der Waals surface area contributed by atoms with Crippen molar-refractivity contribution in [1.29, 1.82) is 0 Å². The zero-order chi connectivity index (χ0) is 17.8. The Kier molecular flexibility index (Phi) is 4.56. The second kappa shape index (κ2) is 6.96. The summed E-state index contributed by atoms with van der Waals surface area (Å²) in [6.45, 7) is 1.80. The van der Waals surface area contributed by atoms with Crippen molar-refractivity contribution < 1.29 is 9.90 Å².